The second-order valence-corrected chi connectivity index (χ2v) is 6.88. The summed E-state index contributed by atoms with van der Waals surface area (Å²) in [5.41, 5.74) is 0. The van der Waals surface area contributed by atoms with Crippen LogP contribution in [0.1, 0.15) is 34.6 Å². The first kappa shape index (κ1) is 25.8. The largest absolute Gasteiger partial charge is 0.493 e. The Hall–Kier alpha value is -1.22. The summed E-state index contributed by atoms with van der Waals surface area (Å²) in [7, 11) is 3.43. The highest BCUT2D eigenvalue weighted by Gasteiger charge is 2.13. The second kappa shape index (κ2) is 13.9. The smallest absolute Gasteiger partial charge is 0.191 e. The third-order valence-corrected chi connectivity index (χ3v) is 4.17. The molecule has 0 saturated carbocycles. The molecule has 2 N–H and O–H groups in total. The molecule has 0 bridgehead atoms. The minimum absolute atomic E-state index is 0. The maximum Gasteiger partial charge on any atom is 0.191 e. The van der Waals surface area contributed by atoms with E-state index in [0.717, 1.165) is 30.5 Å². The molecule has 0 heterocycles. The van der Waals surface area contributed by atoms with E-state index < -0.39 is 0 Å². The van der Waals surface area contributed by atoms with Gasteiger partial charge in [0.2, 0.25) is 0 Å². The molecule has 0 aromatic heterocycles. The zero-order valence-electron chi connectivity index (χ0n) is 17.8. The molecule has 0 amide bonds. The average Bonchev–Trinajstić information content (AvgIpc) is 2.60. The lowest BCUT2D eigenvalue weighted by molar-refractivity contribution is 0.178. The van der Waals surface area contributed by atoms with E-state index in [1.54, 1.807) is 14.2 Å². The van der Waals surface area contributed by atoms with Crippen molar-refractivity contribution < 1.29 is 9.47 Å². The van der Waals surface area contributed by atoms with Crippen molar-refractivity contribution in [3.05, 3.63) is 24.3 Å². The second-order valence-electron chi connectivity index (χ2n) is 6.88. The zero-order chi connectivity index (χ0) is 19.5. The van der Waals surface area contributed by atoms with Gasteiger partial charge >= 0.3 is 0 Å². The van der Waals surface area contributed by atoms with Crippen molar-refractivity contribution in [1.82, 2.24) is 15.5 Å². The molecule has 0 radical (unpaired) electrons. The number of para-hydroxylation sites is 2. The van der Waals surface area contributed by atoms with Gasteiger partial charge in [0.25, 0.3) is 0 Å². The third-order valence-electron chi connectivity index (χ3n) is 4.17. The topological polar surface area (TPSA) is 58.1 Å². The molecule has 1 aromatic rings. The Kier molecular flexibility index (Phi) is 13.2. The maximum atomic E-state index is 5.96. The van der Waals surface area contributed by atoms with Crippen molar-refractivity contribution >= 4 is 29.9 Å². The summed E-state index contributed by atoms with van der Waals surface area (Å²) >= 11 is 0. The van der Waals surface area contributed by atoms with E-state index in [-0.39, 0.29) is 30.1 Å². The van der Waals surface area contributed by atoms with Gasteiger partial charge in [0, 0.05) is 32.2 Å². The third kappa shape index (κ3) is 9.51. The van der Waals surface area contributed by atoms with Crippen LogP contribution in [0.5, 0.6) is 11.5 Å². The van der Waals surface area contributed by atoms with Crippen LogP contribution in [0.15, 0.2) is 29.3 Å². The summed E-state index contributed by atoms with van der Waals surface area (Å²) in [5.74, 6) is 2.27. The van der Waals surface area contributed by atoms with Crippen LogP contribution in [0, 0.1) is 0 Å². The number of nitrogens with zero attached hydrogens (tertiary/aromatic N) is 2. The van der Waals surface area contributed by atoms with Crippen LogP contribution < -0.4 is 20.1 Å². The van der Waals surface area contributed by atoms with E-state index in [1.807, 2.05) is 31.2 Å². The molecule has 0 aliphatic rings. The molecule has 6 nitrogen and oxygen atoms in total. The number of rotatable bonds is 10. The number of ether oxygens (including phenoxy) is 2. The van der Waals surface area contributed by atoms with Gasteiger partial charge in [-0.1, -0.05) is 12.1 Å². The summed E-state index contributed by atoms with van der Waals surface area (Å²) < 4.78 is 11.3. The number of aliphatic imine (C=N–C) groups is 1. The molecule has 0 aliphatic heterocycles. The van der Waals surface area contributed by atoms with Crippen LogP contribution in [0.2, 0.25) is 0 Å². The van der Waals surface area contributed by atoms with E-state index >= 15 is 0 Å². The quantitative estimate of drug-likeness (QED) is 0.298. The molecular weight excluding hydrogens is 455 g/mol. The predicted molar refractivity (Wildman–Crippen MR) is 125 cm³/mol. The van der Waals surface area contributed by atoms with E-state index in [2.05, 4.69) is 48.2 Å². The summed E-state index contributed by atoms with van der Waals surface area (Å²) in [6, 6.07) is 8.73. The lowest BCUT2D eigenvalue weighted by atomic mass is 10.2. The monoisotopic (exact) mass is 492 g/mol. The molecule has 0 spiro atoms. The molecule has 0 aliphatic carbocycles. The van der Waals surface area contributed by atoms with Crippen molar-refractivity contribution in [1.29, 1.82) is 0 Å². The fourth-order valence-corrected chi connectivity index (χ4v) is 2.85. The molecular formula is C20H37IN4O2. The van der Waals surface area contributed by atoms with Gasteiger partial charge < -0.3 is 20.1 Å². The molecule has 0 saturated heterocycles. The van der Waals surface area contributed by atoms with Gasteiger partial charge in [-0.3, -0.25) is 9.89 Å². The Balaban J connectivity index is 0.00000676. The lowest BCUT2D eigenvalue weighted by Crippen LogP contribution is -2.46. The summed E-state index contributed by atoms with van der Waals surface area (Å²) in [4.78, 5) is 6.74. The molecule has 1 aromatic carbocycles. The summed E-state index contributed by atoms with van der Waals surface area (Å²) in [6.07, 6.45) is -0.0207. The highest BCUT2D eigenvalue weighted by atomic mass is 127. The highest BCUT2D eigenvalue weighted by Crippen LogP contribution is 2.26. The van der Waals surface area contributed by atoms with Crippen molar-refractivity contribution in [2.45, 2.75) is 52.8 Å². The first-order valence-electron chi connectivity index (χ1n) is 9.39. The fourth-order valence-electron chi connectivity index (χ4n) is 2.85. The molecule has 156 valence electrons. The van der Waals surface area contributed by atoms with Gasteiger partial charge in [-0.05, 0) is 46.8 Å². The van der Waals surface area contributed by atoms with Crippen molar-refractivity contribution in [2.75, 3.05) is 33.8 Å². The van der Waals surface area contributed by atoms with E-state index in [4.69, 9.17) is 9.47 Å². The SMILES string of the molecule is CN=C(NCCN(C(C)C)C(C)C)NCC(C)Oc1ccccc1OC.I. The zero-order valence-corrected chi connectivity index (χ0v) is 20.1. The number of halogens is 1. The van der Waals surface area contributed by atoms with Crippen LogP contribution >= 0.6 is 24.0 Å². The lowest BCUT2D eigenvalue weighted by Gasteiger charge is -2.30. The van der Waals surface area contributed by atoms with Crippen LogP contribution in [-0.4, -0.2) is 62.8 Å². The van der Waals surface area contributed by atoms with Crippen molar-refractivity contribution in [3.63, 3.8) is 0 Å². The Morgan fingerprint density at radius 3 is 2.15 bits per heavy atom. The van der Waals surface area contributed by atoms with Gasteiger partial charge in [-0.15, -0.1) is 24.0 Å². The Bertz CT molecular complexity index is 545. The Morgan fingerprint density at radius 2 is 1.63 bits per heavy atom. The van der Waals surface area contributed by atoms with Crippen LogP contribution in [0.3, 0.4) is 0 Å². The normalized spacial score (nSPS) is 12.7. The Morgan fingerprint density at radius 1 is 1.04 bits per heavy atom. The molecule has 27 heavy (non-hydrogen) atoms. The van der Waals surface area contributed by atoms with Gasteiger partial charge in [0.1, 0.15) is 6.10 Å². The van der Waals surface area contributed by atoms with E-state index in [1.165, 1.54) is 0 Å². The number of nitrogens with one attached hydrogen (secondary N) is 2. The molecule has 7 heteroatoms. The minimum atomic E-state index is -0.0207. The first-order chi connectivity index (χ1) is 12.4. The highest BCUT2D eigenvalue weighted by molar-refractivity contribution is 14.0. The van der Waals surface area contributed by atoms with Gasteiger partial charge in [-0.25, -0.2) is 0 Å². The predicted octanol–water partition coefficient (Wildman–Crippen LogP) is 3.36. The summed E-state index contributed by atoms with van der Waals surface area (Å²) in [6.45, 7) is 13.4. The summed E-state index contributed by atoms with van der Waals surface area (Å²) in [5, 5.41) is 6.68. The van der Waals surface area contributed by atoms with Gasteiger partial charge in [-0.2, -0.15) is 0 Å². The van der Waals surface area contributed by atoms with Gasteiger partial charge in [0.15, 0.2) is 17.5 Å². The standard InChI is InChI=1S/C20H36N4O2.HI/c1-15(2)24(16(3)4)13-12-22-20(21-6)23-14-17(5)26-19-11-9-8-10-18(19)25-7;/h8-11,15-17H,12-14H2,1-7H3,(H2,21,22,23);1H. The molecule has 1 atom stereocenters. The van der Waals surface area contributed by atoms with Crippen molar-refractivity contribution in [2.24, 2.45) is 4.99 Å². The number of hydrogen-bond donors (Lipinski definition) is 2. The number of methoxy groups -OCH3 is 1. The fraction of sp³-hybridized carbons (Fsp3) is 0.650. The van der Waals surface area contributed by atoms with Gasteiger partial charge in [0.05, 0.1) is 13.7 Å². The van der Waals surface area contributed by atoms with Crippen LogP contribution in [0.4, 0.5) is 0 Å². The molecule has 1 rings (SSSR count). The average molecular weight is 492 g/mol. The molecule has 1 unspecified atom stereocenters. The molecule has 0 fully saturated rings. The maximum absolute atomic E-state index is 5.96. The van der Waals surface area contributed by atoms with Crippen molar-refractivity contribution in [3.8, 4) is 11.5 Å². The minimum Gasteiger partial charge on any atom is -0.493 e. The Labute approximate surface area is 182 Å². The first-order valence-corrected chi connectivity index (χ1v) is 9.39. The number of guanidine groups is 1. The van der Waals surface area contributed by atoms with E-state index in [0.29, 0.717) is 18.6 Å². The van der Waals surface area contributed by atoms with E-state index in [9.17, 15) is 0 Å². The van der Waals surface area contributed by atoms with Crippen LogP contribution in [0.25, 0.3) is 0 Å². The van der Waals surface area contributed by atoms with Crippen LogP contribution in [-0.2, 0) is 0 Å². The number of benzene rings is 1. The number of hydrogen-bond acceptors (Lipinski definition) is 4.